The molecular formula is C13H15Cl2N3. The van der Waals surface area contributed by atoms with Gasteiger partial charge >= 0.3 is 0 Å². The van der Waals surface area contributed by atoms with Crippen molar-refractivity contribution in [1.29, 1.82) is 0 Å². The van der Waals surface area contributed by atoms with Crippen molar-refractivity contribution >= 4 is 28.9 Å². The van der Waals surface area contributed by atoms with Gasteiger partial charge in [0.2, 0.25) is 0 Å². The summed E-state index contributed by atoms with van der Waals surface area (Å²) < 4.78 is 0. The first-order valence-electron chi connectivity index (χ1n) is 5.54. The fraction of sp³-hybridized carbons (Fsp3) is 0.231. The fourth-order valence-electron chi connectivity index (χ4n) is 1.78. The number of benzene rings is 1. The largest absolute Gasteiger partial charge is 0.379 e. The third-order valence-corrected chi connectivity index (χ3v) is 3.39. The normalized spacial score (nSPS) is 15.1. The van der Waals surface area contributed by atoms with Crippen molar-refractivity contribution in [2.45, 2.75) is 0 Å². The average molecular weight is 284 g/mol. The van der Waals surface area contributed by atoms with Gasteiger partial charge in [0.25, 0.3) is 0 Å². The number of halogens is 2. The molecule has 0 atom stereocenters. The number of nitrogens with zero attached hydrogens (tertiary/aromatic N) is 2. The fourth-order valence-corrected chi connectivity index (χ4v) is 2.30. The molecule has 1 aliphatic heterocycles. The van der Waals surface area contributed by atoms with Crippen LogP contribution in [0.4, 0.5) is 5.69 Å². The maximum atomic E-state index is 5.95. The minimum Gasteiger partial charge on any atom is -0.379 e. The van der Waals surface area contributed by atoms with Gasteiger partial charge in [0.15, 0.2) is 0 Å². The van der Waals surface area contributed by atoms with Gasteiger partial charge in [0, 0.05) is 29.8 Å². The predicted molar refractivity (Wildman–Crippen MR) is 77.7 cm³/mol. The van der Waals surface area contributed by atoms with E-state index in [0.717, 1.165) is 17.1 Å². The summed E-state index contributed by atoms with van der Waals surface area (Å²) in [5.74, 6) is 0. The summed E-state index contributed by atoms with van der Waals surface area (Å²) in [6.45, 7) is 4.65. The van der Waals surface area contributed by atoms with E-state index in [2.05, 4.69) is 11.9 Å². The molecule has 0 unspecified atom stereocenters. The summed E-state index contributed by atoms with van der Waals surface area (Å²) in [6, 6.07) is 5.41. The highest BCUT2D eigenvalue weighted by atomic mass is 35.5. The molecule has 0 spiro atoms. The lowest BCUT2D eigenvalue weighted by molar-refractivity contribution is 0.133. The summed E-state index contributed by atoms with van der Waals surface area (Å²) in [5, 5.41) is 8.57. The molecule has 1 aromatic carbocycles. The lowest BCUT2D eigenvalue weighted by Crippen LogP contribution is -2.31. The van der Waals surface area contributed by atoms with Gasteiger partial charge in [-0.05, 0) is 24.3 Å². The lowest BCUT2D eigenvalue weighted by atomic mass is 10.3. The Balaban J connectivity index is 2.04. The molecule has 0 fully saturated rings. The Morgan fingerprint density at radius 2 is 1.72 bits per heavy atom. The van der Waals surface area contributed by atoms with Crippen molar-refractivity contribution < 1.29 is 0 Å². The third kappa shape index (κ3) is 2.74. The van der Waals surface area contributed by atoms with Gasteiger partial charge in [-0.2, -0.15) is 0 Å². The second kappa shape index (κ2) is 5.12. The van der Waals surface area contributed by atoms with Gasteiger partial charge < -0.3 is 5.32 Å². The predicted octanol–water partition coefficient (Wildman–Crippen LogP) is 3.60. The van der Waals surface area contributed by atoms with E-state index in [4.69, 9.17) is 23.2 Å². The van der Waals surface area contributed by atoms with Gasteiger partial charge in [0.1, 0.15) is 0 Å². The zero-order valence-corrected chi connectivity index (χ0v) is 11.9. The Kier molecular flexibility index (Phi) is 3.73. The Labute approximate surface area is 117 Å². The minimum atomic E-state index is 0.625. The van der Waals surface area contributed by atoms with Crippen molar-refractivity contribution in [2.24, 2.45) is 0 Å². The summed E-state index contributed by atoms with van der Waals surface area (Å²) in [6.07, 6.45) is 2.04. The first kappa shape index (κ1) is 13.1. The maximum absolute atomic E-state index is 5.95. The number of hydrazine groups is 1. The molecule has 0 radical (unpaired) electrons. The molecule has 1 aliphatic rings. The van der Waals surface area contributed by atoms with Crippen molar-refractivity contribution in [3.63, 3.8) is 0 Å². The van der Waals surface area contributed by atoms with Crippen LogP contribution in [-0.4, -0.2) is 30.7 Å². The van der Waals surface area contributed by atoms with E-state index in [0.29, 0.717) is 16.6 Å². The monoisotopic (exact) mass is 283 g/mol. The van der Waals surface area contributed by atoms with E-state index < -0.39 is 0 Å². The number of anilines is 1. The molecule has 0 bridgehead atoms. The average Bonchev–Trinajstić information content (AvgIpc) is 2.53. The maximum Gasteiger partial charge on any atom is 0.0569 e. The van der Waals surface area contributed by atoms with E-state index in [1.54, 1.807) is 6.07 Å². The number of hydrogen-bond acceptors (Lipinski definition) is 3. The molecule has 0 saturated carbocycles. The Morgan fingerprint density at radius 3 is 2.22 bits per heavy atom. The van der Waals surface area contributed by atoms with Crippen LogP contribution in [0, 0.1) is 0 Å². The SMILES string of the molecule is C=C1C=C(CNc2cc(Cl)cc(Cl)c2)N(C)N1C. The second-order valence-electron chi connectivity index (χ2n) is 4.19. The number of rotatable bonds is 3. The van der Waals surface area contributed by atoms with Gasteiger partial charge in [-0.1, -0.05) is 29.8 Å². The van der Waals surface area contributed by atoms with Crippen molar-refractivity contribution in [3.05, 3.63) is 52.3 Å². The topological polar surface area (TPSA) is 18.5 Å². The Hall–Kier alpha value is -1.32. The Bertz CT molecular complexity index is 491. The molecule has 0 aromatic heterocycles. The minimum absolute atomic E-state index is 0.625. The van der Waals surface area contributed by atoms with Crippen molar-refractivity contribution in [3.8, 4) is 0 Å². The molecule has 18 heavy (non-hydrogen) atoms. The van der Waals surface area contributed by atoms with Crippen LogP contribution < -0.4 is 5.32 Å². The molecule has 0 aliphatic carbocycles. The van der Waals surface area contributed by atoms with Gasteiger partial charge in [-0.25, -0.2) is 0 Å². The Morgan fingerprint density at radius 1 is 1.11 bits per heavy atom. The van der Waals surface area contributed by atoms with Gasteiger partial charge in [-0.3, -0.25) is 10.0 Å². The number of likely N-dealkylation sites (N-methyl/N-ethyl adjacent to an activating group) is 2. The van der Waals surface area contributed by atoms with Crippen LogP contribution in [0.25, 0.3) is 0 Å². The van der Waals surface area contributed by atoms with Crippen LogP contribution in [0.3, 0.4) is 0 Å². The highest BCUT2D eigenvalue weighted by Gasteiger charge is 2.18. The zero-order chi connectivity index (χ0) is 13.3. The lowest BCUT2D eigenvalue weighted by Gasteiger charge is -2.27. The second-order valence-corrected chi connectivity index (χ2v) is 5.06. The quantitative estimate of drug-likeness (QED) is 0.915. The first-order chi connectivity index (χ1) is 8.47. The number of hydrogen-bond donors (Lipinski definition) is 1. The van der Waals surface area contributed by atoms with E-state index >= 15 is 0 Å². The summed E-state index contributed by atoms with van der Waals surface area (Å²) in [5.41, 5.74) is 3.01. The molecule has 1 heterocycles. The molecule has 1 aromatic rings. The molecule has 1 N–H and O–H groups in total. The van der Waals surface area contributed by atoms with E-state index in [1.807, 2.05) is 42.3 Å². The molecule has 5 heteroatoms. The molecule has 96 valence electrons. The standard InChI is InChI=1S/C13H15Cl2N3/c1-9-4-13(18(3)17(9)2)8-16-12-6-10(14)5-11(15)7-12/h4-7,16H,1,8H2,2-3H3. The molecule has 0 saturated heterocycles. The van der Waals surface area contributed by atoms with Crippen LogP contribution in [0.1, 0.15) is 0 Å². The van der Waals surface area contributed by atoms with Crippen LogP contribution >= 0.6 is 23.2 Å². The van der Waals surface area contributed by atoms with Gasteiger partial charge in [0.05, 0.1) is 17.9 Å². The van der Waals surface area contributed by atoms with E-state index in [9.17, 15) is 0 Å². The van der Waals surface area contributed by atoms with E-state index in [-0.39, 0.29) is 0 Å². The molecule has 0 amide bonds. The van der Waals surface area contributed by atoms with Gasteiger partial charge in [-0.15, -0.1) is 0 Å². The summed E-state index contributed by atoms with van der Waals surface area (Å²) in [4.78, 5) is 0. The number of allylic oxidation sites excluding steroid dienone is 1. The van der Waals surface area contributed by atoms with Crippen molar-refractivity contribution in [1.82, 2.24) is 10.0 Å². The van der Waals surface area contributed by atoms with Crippen LogP contribution in [0.5, 0.6) is 0 Å². The smallest absolute Gasteiger partial charge is 0.0569 e. The van der Waals surface area contributed by atoms with Crippen molar-refractivity contribution in [2.75, 3.05) is 26.0 Å². The highest BCUT2D eigenvalue weighted by Crippen LogP contribution is 2.24. The van der Waals surface area contributed by atoms with Crippen LogP contribution in [0.15, 0.2) is 42.2 Å². The zero-order valence-electron chi connectivity index (χ0n) is 10.4. The van der Waals surface area contributed by atoms with Crippen LogP contribution in [-0.2, 0) is 0 Å². The molecule has 2 rings (SSSR count). The number of nitrogens with one attached hydrogen (secondary N) is 1. The molecular weight excluding hydrogens is 269 g/mol. The van der Waals surface area contributed by atoms with Crippen LogP contribution in [0.2, 0.25) is 10.0 Å². The first-order valence-corrected chi connectivity index (χ1v) is 6.30. The summed E-state index contributed by atoms with van der Waals surface area (Å²) >= 11 is 11.9. The third-order valence-electron chi connectivity index (χ3n) is 2.95. The summed E-state index contributed by atoms with van der Waals surface area (Å²) in [7, 11) is 3.97. The highest BCUT2D eigenvalue weighted by molar-refractivity contribution is 6.35. The van der Waals surface area contributed by atoms with E-state index in [1.165, 1.54) is 0 Å². The molecule has 3 nitrogen and oxygen atoms in total.